The minimum absolute atomic E-state index is 0.207. The first-order chi connectivity index (χ1) is 8.60. The molecule has 0 fully saturated rings. The maximum atomic E-state index is 11.4. The zero-order valence-electron chi connectivity index (χ0n) is 11.2. The standard InChI is InChI=1S/C12H19N3O3/c1-9(2)15(5-6-17-3)11-8-13-7-10(14-11)12(16)18-4/h7-9H,5-6H2,1-4H3. The quantitative estimate of drug-likeness (QED) is 0.708. The molecule has 18 heavy (non-hydrogen) atoms. The van der Waals surface area contributed by atoms with Gasteiger partial charge in [0.25, 0.3) is 0 Å². The molecule has 1 aromatic rings. The first-order valence-electron chi connectivity index (χ1n) is 5.76. The van der Waals surface area contributed by atoms with Gasteiger partial charge in [0.05, 0.1) is 26.1 Å². The lowest BCUT2D eigenvalue weighted by Gasteiger charge is -2.27. The van der Waals surface area contributed by atoms with Crippen molar-refractivity contribution in [2.24, 2.45) is 0 Å². The fourth-order valence-corrected chi connectivity index (χ4v) is 1.52. The SMILES string of the molecule is COCCN(c1cncc(C(=O)OC)n1)C(C)C. The highest BCUT2D eigenvalue weighted by Gasteiger charge is 2.15. The lowest BCUT2D eigenvalue weighted by Crippen LogP contribution is -2.34. The van der Waals surface area contributed by atoms with Crippen LogP contribution in [0.3, 0.4) is 0 Å². The van der Waals surface area contributed by atoms with Gasteiger partial charge in [-0.25, -0.2) is 9.78 Å². The van der Waals surface area contributed by atoms with Crippen LogP contribution in [0.1, 0.15) is 24.3 Å². The van der Waals surface area contributed by atoms with Crippen molar-refractivity contribution >= 4 is 11.8 Å². The van der Waals surface area contributed by atoms with Crippen LogP contribution in [0.25, 0.3) is 0 Å². The van der Waals surface area contributed by atoms with Crippen LogP contribution in [0, 0.1) is 0 Å². The van der Waals surface area contributed by atoms with Crippen LogP contribution < -0.4 is 4.90 Å². The average Bonchev–Trinajstić information content (AvgIpc) is 2.38. The minimum Gasteiger partial charge on any atom is -0.464 e. The van der Waals surface area contributed by atoms with Crippen LogP contribution >= 0.6 is 0 Å². The molecule has 0 aromatic carbocycles. The molecule has 6 nitrogen and oxygen atoms in total. The van der Waals surface area contributed by atoms with E-state index in [1.165, 1.54) is 13.3 Å². The van der Waals surface area contributed by atoms with Crippen LogP contribution in [0.15, 0.2) is 12.4 Å². The summed E-state index contributed by atoms with van der Waals surface area (Å²) in [5.74, 6) is 0.157. The molecule has 0 N–H and O–H groups in total. The maximum absolute atomic E-state index is 11.4. The van der Waals surface area contributed by atoms with Gasteiger partial charge in [0.1, 0.15) is 5.82 Å². The zero-order chi connectivity index (χ0) is 13.5. The number of anilines is 1. The molecule has 0 saturated heterocycles. The van der Waals surface area contributed by atoms with Crippen molar-refractivity contribution in [2.45, 2.75) is 19.9 Å². The van der Waals surface area contributed by atoms with E-state index in [0.29, 0.717) is 19.0 Å². The van der Waals surface area contributed by atoms with Gasteiger partial charge in [0.15, 0.2) is 5.69 Å². The Morgan fingerprint density at radius 3 is 2.67 bits per heavy atom. The van der Waals surface area contributed by atoms with Crippen LogP contribution in [0.2, 0.25) is 0 Å². The molecule has 0 atom stereocenters. The number of nitrogens with zero attached hydrogens (tertiary/aromatic N) is 3. The van der Waals surface area contributed by atoms with Crippen LogP contribution in [0.5, 0.6) is 0 Å². The molecule has 1 rings (SSSR count). The number of ether oxygens (including phenoxy) is 2. The van der Waals surface area contributed by atoms with E-state index in [0.717, 1.165) is 0 Å². The summed E-state index contributed by atoms with van der Waals surface area (Å²) in [5, 5.41) is 0. The van der Waals surface area contributed by atoms with Crippen molar-refractivity contribution < 1.29 is 14.3 Å². The normalized spacial score (nSPS) is 10.5. The minimum atomic E-state index is -0.486. The predicted molar refractivity (Wildman–Crippen MR) is 67.7 cm³/mol. The van der Waals surface area contributed by atoms with Crippen molar-refractivity contribution in [3.63, 3.8) is 0 Å². The van der Waals surface area contributed by atoms with E-state index >= 15 is 0 Å². The summed E-state index contributed by atoms with van der Waals surface area (Å²) in [6, 6.07) is 0.238. The maximum Gasteiger partial charge on any atom is 0.358 e. The van der Waals surface area contributed by atoms with Crippen LogP contribution in [-0.4, -0.2) is 49.4 Å². The number of esters is 1. The summed E-state index contributed by atoms with van der Waals surface area (Å²) in [6.45, 7) is 5.36. The average molecular weight is 253 g/mol. The number of carbonyl (C=O) groups excluding carboxylic acids is 1. The third-order valence-corrected chi connectivity index (χ3v) is 2.47. The molecule has 0 amide bonds. The van der Waals surface area contributed by atoms with E-state index in [2.05, 4.69) is 14.7 Å². The van der Waals surface area contributed by atoms with Crippen LogP contribution in [-0.2, 0) is 9.47 Å². The van der Waals surface area contributed by atoms with E-state index in [1.807, 2.05) is 18.7 Å². The second-order valence-corrected chi connectivity index (χ2v) is 4.03. The molecule has 6 heteroatoms. The number of hydrogen-bond acceptors (Lipinski definition) is 6. The Balaban J connectivity index is 2.94. The Labute approximate surface area is 107 Å². The summed E-state index contributed by atoms with van der Waals surface area (Å²) >= 11 is 0. The monoisotopic (exact) mass is 253 g/mol. The zero-order valence-corrected chi connectivity index (χ0v) is 11.2. The number of methoxy groups -OCH3 is 2. The highest BCUT2D eigenvalue weighted by Crippen LogP contribution is 2.13. The fraction of sp³-hybridized carbons (Fsp3) is 0.583. The molecule has 0 aliphatic rings. The van der Waals surface area contributed by atoms with Gasteiger partial charge in [0.2, 0.25) is 0 Å². The first kappa shape index (κ1) is 14.4. The second kappa shape index (κ2) is 6.90. The van der Waals surface area contributed by atoms with E-state index in [9.17, 15) is 4.79 Å². The highest BCUT2D eigenvalue weighted by atomic mass is 16.5. The molecule has 0 spiro atoms. The number of carbonyl (C=O) groups is 1. The third kappa shape index (κ3) is 3.66. The second-order valence-electron chi connectivity index (χ2n) is 4.03. The number of hydrogen-bond donors (Lipinski definition) is 0. The topological polar surface area (TPSA) is 64.5 Å². The first-order valence-corrected chi connectivity index (χ1v) is 5.76. The van der Waals surface area contributed by atoms with Gasteiger partial charge >= 0.3 is 5.97 Å². The smallest absolute Gasteiger partial charge is 0.358 e. The molecule has 0 bridgehead atoms. The molecular formula is C12H19N3O3. The molecule has 0 aliphatic carbocycles. The Morgan fingerprint density at radius 2 is 2.11 bits per heavy atom. The lowest BCUT2D eigenvalue weighted by atomic mass is 10.3. The summed E-state index contributed by atoms with van der Waals surface area (Å²) in [5.41, 5.74) is 0.207. The van der Waals surface area contributed by atoms with E-state index in [4.69, 9.17) is 4.74 Å². The molecule has 1 aromatic heterocycles. The van der Waals surface area contributed by atoms with Gasteiger partial charge in [-0.1, -0.05) is 0 Å². The van der Waals surface area contributed by atoms with E-state index in [-0.39, 0.29) is 11.7 Å². The van der Waals surface area contributed by atoms with Gasteiger partial charge in [-0.2, -0.15) is 0 Å². The molecule has 1 heterocycles. The molecule has 100 valence electrons. The summed E-state index contributed by atoms with van der Waals surface area (Å²) in [6.07, 6.45) is 3.02. The van der Waals surface area contributed by atoms with E-state index < -0.39 is 5.97 Å². The lowest BCUT2D eigenvalue weighted by molar-refractivity contribution is 0.0593. The Morgan fingerprint density at radius 1 is 1.39 bits per heavy atom. The van der Waals surface area contributed by atoms with Gasteiger partial charge in [-0.15, -0.1) is 0 Å². The van der Waals surface area contributed by atoms with Crippen molar-refractivity contribution in [3.8, 4) is 0 Å². The Kier molecular flexibility index (Phi) is 5.51. The fourth-order valence-electron chi connectivity index (χ4n) is 1.52. The molecule has 0 aliphatic heterocycles. The largest absolute Gasteiger partial charge is 0.464 e. The van der Waals surface area contributed by atoms with E-state index in [1.54, 1.807) is 13.3 Å². The number of rotatable bonds is 6. The van der Waals surface area contributed by atoms with Crippen molar-refractivity contribution in [1.82, 2.24) is 9.97 Å². The molecular weight excluding hydrogens is 234 g/mol. The highest BCUT2D eigenvalue weighted by molar-refractivity contribution is 5.87. The van der Waals surface area contributed by atoms with Gasteiger partial charge in [-0.05, 0) is 13.8 Å². The van der Waals surface area contributed by atoms with Crippen molar-refractivity contribution in [2.75, 3.05) is 32.3 Å². The predicted octanol–water partition coefficient (Wildman–Crippen LogP) is 1.12. The summed E-state index contributed by atoms with van der Waals surface area (Å²) in [7, 11) is 2.97. The van der Waals surface area contributed by atoms with Crippen molar-refractivity contribution in [3.05, 3.63) is 18.1 Å². The molecule has 0 radical (unpaired) electrons. The number of aromatic nitrogens is 2. The van der Waals surface area contributed by atoms with Crippen molar-refractivity contribution in [1.29, 1.82) is 0 Å². The Bertz CT molecular complexity index is 396. The summed E-state index contributed by atoms with van der Waals surface area (Å²) < 4.78 is 9.69. The van der Waals surface area contributed by atoms with Gasteiger partial charge in [0, 0.05) is 19.7 Å². The van der Waals surface area contributed by atoms with Gasteiger partial charge < -0.3 is 14.4 Å². The van der Waals surface area contributed by atoms with Gasteiger partial charge in [-0.3, -0.25) is 4.98 Å². The Hall–Kier alpha value is -1.69. The molecule has 0 saturated carbocycles. The summed E-state index contributed by atoms with van der Waals surface area (Å²) in [4.78, 5) is 21.7. The molecule has 0 unspecified atom stereocenters. The van der Waals surface area contributed by atoms with Crippen LogP contribution in [0.4, 0.5) is 5.82 Å². The third-order valence-electron chi connectivity index (χ3n) is 2.47.